The van der Waals surface area contributed by atoms with Crippen LogP contribution in [0.2, 0.25) is 0 Å². The number of aliphatic carboxylic acids is 1. The molecule has 0 heterocycles. The molecule has 1 N–H and O–H groups in total. The Balaban J connectivity index is 2.21. The summed E-state index contributed by atoms with van der Waals surface area (Å²) in [6.45, 7) is 0. The number of hydrogen-bond donors (Lipinski definition) is 1. The summed E-state index contributed by atoms with van der Waals surface area (Å²) in [6, 6.07) is 16.9. The first kappa shape index (κ1) is 13.8. The van der Waals surface area contributed by atoms with Crippen LogP contribution in [-0.2, 0) is 11.2 Å². The van der Waals surface area contributed by atoms with E-state index in [1.807, 2.05) is 36.4 Å². The highest BCUT2D eigenvalue weighted by molar-refractivity contribution is 5.78. The number of nitrogens with zero attached hydrogens (tertiary/aromatic N) is 1. The molecule has 0 unspecified atom stereocenters. The standard InChI is InChI=1S/C16H15NO3/c18-16(19)15(11-13-7-3-1-4-8-13)17(20)12-14-9-5-2-6-10-14/h1-10,12,15H,11H2,(H,18,19)/b17-12-/t15-/m0/s1. The molecule has 4 nitrogen and oxygen atoms in total. The summed E-state index contributed by atoms with van der Waals surface area (Å²) in [4.78, 5) is 11.3. The highest BCUT2D eigenvalue weighted by atomic mass is 16.5. The molecule has 0 spiro atoms. The summed E-state index contributed by atoms with van der Waals surface area (Å²) in [5, 5.41) is 21.3. The van der Waals surface area contributed by atoms with Gasteiger partial charge >= 0.3 is 5.97 Å². The highest BCUT2D eigenvalue weighted by Crippen LogP contribution is 2.06. The third kappa shape index (κ3) is 3.68. The molecule has 0 saturated carbocycles. The van der Waals surface area contributed by atoms with E-state index in [2.05, 4.69) is 0 Å². The largest absolute Gasteiger partial charge is 0.623 e. The molecule has 0 amide bonds. The number of benzene rings is 2. The zero-order valence-electron chi connectivity index (χ0n) is 10.8. The molecular weight excluding hydrogens is 254 g/mol. The van der Waals surface area contributed by atoms with E-state index in [1.165, 1.54) is 6.21 Å². The van der Waals surface area contributed by atoms with Crippen molar-refractivity contribution in [1.82, 2.24) is 0 Å². The maximum absolute atomic E-state index is 12.0. The summed E-state index contributed by atoms with van der Waals surface area (Å²) in [7, 11) is 0. The van der Waals surface area contributed by atoms with Gasteiger partial charge in [0.15, 0.2) is 6.21 Å². The molecule has 0 bridgehead atoms. The van der Waals surface area contributed by atoms with Crippen LogP contribution < -0.4 is 0 Å². The second-order valence-corrected chi connectivity index (χ2v) is 4.44. The van der Waals surface area contributed by atoms with Crippen LogP contribution in [-0.4, -0.2) is 28.1 Å². The Labute approximate surface area is 117 Å². The van der Waals surface area contributed by atoms with E-state index in [-0.39, 0.29) is 6.42 Å². The first-order chi connectivity index (χ1) is 9.66. The van der Waals surface area contributed by atoms with Gasteiger partial charge in [-0.05, 0) is 17.7 Å². The normalized spacial score (nSPS) is 12.9. The van der Waals surface area contributed by atoms with Gasteiger partial charge in [0.25, 0.3) is 6.04 Å². The fraction of sp³-hybridized carbons (Fsp3) is 0.125. The van der Waals surface area contributed by atoms with Crippen molar-refractivity contribution in [1.29, 1.82) is 0 Å². The lowest BCUT2D eigenvalue weighted by atomic mass is 10.1. The molecule has 1 atom stereocenters. The molecule has 4 heteroatoms. The van der Waals surface area contributed by atoms with Crippen molar-refractivity contribution in [2.75, 3.05) is 0 Å². The average Bonchev–Trinajstić information content (AvgIpc) is 2.46. The van der Waals surface area contributed by atoms with Crippen LogP contribution in [0.25, 0.3) is 0 Å². The monoisotopic (exact) mass is 269 g/mol. The van der Waals surface area contributed by atoms with E-state index in [0.29, 0.717) is 10.3 Å². The first-order valence-electron chi connectivity index (χ1n) is 6.29. The van der Waals surface area contributed by atoms with Crippen LogP contribution in [0.3, 0.4) is 0 Å². The van der Waals surface area contributed by atoms with Crippen molar-refractivity contribution in [2.45, 2.75) is 12.5 Å². The van der Waals surface area contributed by atoms with E-state index in [9.17, 15) is 15.1 Å². The minimum absolute atomic E-state index is 0.170. The Morgan fingerprint density at radius 3 is 2.20 bits per heavy atom. The predicted molar refractivity (Wildman–Crippen MR) is 76.8 cm³/mol. The fourth-order valence-electron chi connectivity index (χ4n) is 1.90. The topological polar surface area (TPSA) is 63.4 Å². The van der Waals surface area contributed by atoms with E-state index in [1.54, 1.807) is 24.3 Å². The van der Waals surface area contributed by atoms with Crippen molar-refractivity contribution in [3.8, 4) is 0 Å². The summed E-state index contributed by atoms with van der Waals surface area (Å²) in [6.07, 6.45) is 1.48. The first-order valence-corrected chi connectivity index (χ1v) is 6.29. The molecule has 0 aliphatic carbocycles. The smallest absolute Gasteiger partial charge is 0.374 e. The van der Waals surface area contributed by atoms with E-state index in [0.717, 1.165) is 5.56 Å². The van der Waals surface area contributed by atoms with Crippen LogP contribution in [0.1, 0.15) is 11.1 Å². The van der Waals surface area contributed by atoms with Crippen LogP contribution in [0, 0.1) is 5.21 Å². The number of carboxylic acids is 1. The van der Waals surface area contributed by atoms with Crippen molar-refractivity contribution in [3.63, 3.8) is 0 Å². The van der Waals surface area contributed by atoms with Gasteiger partial charge in [-0.25, -0.2) is 4.79 Å². The molecule has 2 rings (SSSR count). The molecule has 0 aliphatic heterocycles. The van der Waals surface area contributed by atoms with Crippen molar-refractivity contribution in [3.05, 3.63) is 77.0 Å². The van der Waals surface area contributed by atoms with Gasteiger partial charge in [0.1, 0.15) is 0 Å². The molecule has 0 radical (unpaired) electrons. The molecule has 102 valence electrons. The van der Waals surface area contributed by atoms with Gasteiger partial charge in [-0.15, -0.1) is 0 Å². The van der Waals surface area contributed by atoms with Crippen molar-refractivity contribution in [2.24, 2.45) is 0 Å². The zero-order chi connectivity index (χ0) is 14.4. The number of carboxylic acid groups (broad SMARTS) is 1. The van der Waals surface area contributed by atoms with Gasteiger partial charge in [0, 0.05) is 12.0 Å². The predicted octanol–water partition coefficient (Wildman–Crippen LogP) is 2.31. The lowest BCUT2D eigenvalue weighted by Crippen LogP contribution is -2.33. The molecule has 0 aliphatic rings. The molecule has 0 aromatic heterocycles. The summed E-state index contributed by atoms with van der Waals surface area (Å²) in [5.74, 6) is -1.13. The summed E-state index contributed by atoms with van der Waals surface area (Å²) >= 11 is 0. The Hall–Kier alpha value is -2.62. The Morgan fingerprint density at radius 2 is 1.65 bits per heavy atom. The Morgan fingerprint density at radius 1 is 1.10 bits per heavy atom. The van der Waals surface area contributed by atoms with Crippen molar-refractivity contribution >= 4 is 12.2 Å². The summed E-state index contributed by atoms with van der Waals surface area (Å²) in [5.41, 5.74) is 1.50. The van der Waals surface area contributed by atoms with Gasteiger partial charge in [-0.2, -0.15) is 4.74 Å². The maximum Gasteiger partial charge on any atom is 0.374 e. The number of hydroxylamine groups is 1. The van der Waals surface area contributed by atoms with Gasteiger partial charge < -0.3 is 10.3 Å². The quantitative estimate of drug-likeness (QED) is 0.392. The third-order valence-electron chi connectivity index (χ3n) is 2.94. The van der Waals surface area contributed by atoms with Gasteiger partial charge in [0.05, 0.1) is 0 Å². The van der Waals surface area contributed by atoms with Crippen LogP contribution in [0.15, 0.2) is 60.7 Å². The Kier molecular flexibility index (Phi) is 4.50. The third-order valence-corrected chi connectivity index (χ3v) is 2.94. The number of hydrogen-bond acceptors (Lipinski definition) is 2. The van der Waals surface area contributed by atoms with Gasteiger partial charge in [0.2, 0.25) is 0 Å². The lowest BCUT2D eigenvalue weighted by molar-refractivity contribution is -0.483. The second kappa shape index (κ2) is 6.52. The molecule has 2 aromatic carbocycles. The lowest BCUT2D eigenvalue weighted by Gasteiger charge is -2.13. The minimum atomic E-state index is -1.13. The summed E-state index contributed by atoms with van der Waals surface area (Å²) < 4.78 is 0.505. The Bertz CT molecular complexity index is 594. The van der Waals surface area contributed by atoms with E-state index < -0.39 is 12.0 Å². The van der Waals surface area contributed by atoms with E-state index >= 15 is 0 Å². The molecule has 2 aromatic rings. The van der Waals surface area contributed by atoms with Crippen LogP contribution in [0.4, 0.5) is 0 Å². The molecule has 20 heavy (non-hydrogen) atoms. The number of rotatable bonds is 5. The van der Waals surface area contributed by atoms with Gasteiger partial charge in [-0.3, -0.25) is 0 Å². The zero-order valence-corrected chi connectivity index (χ0v) is 10.8. The highest BCUT2D eigenvalue weighted by Gasteiger charge is 2.25. The average molecular weight is 269 g/mol. The molecule has 0 fully saturated rings. The maximum atomic E-state index is 12.0. The van der Waals surface area contributed by atoms with Crippen LogP contribution in [0.5, 0.6) is 0 Å². The van der Waals surface area contributed by atoms with Crippen molar-refractivity contribution < 1.29 is 14.6 Å². The SMILES string of the molecule is O=C(O)[C@H](Cc1ccccc1)/[N+]([O-])=C/c1ccccc1. The van der Waals surface area contributed by atoms with E-state index in [4.69, 9.17) is 0 Å². The fourth-order valence-corrected chi connectivity index (χ4v) is 1.90. The van der Waals surface area contributed by atoms with Crippen LogP contribution >= 0.6 is 0 Å². The minimum Gasteiger partial charge on any atom is -0.623 e. The number of carbonyl (C=O) groups is 1. The molecular formula is C16H15NO3. The second-order valence-electron chi connectivity index (χ2n) is 4.44. The van der Waals surface area contributed by atoms with Gasteiger partial charge in [-0.1, -0.05) is 48.5 Å². The molecule has 0 saturated heterocycles.